The van der Waals surface area contributed by atoms with Gasteiger partial charge in [0.05, 0.1) is 26.4 Å². The number of hydrogen-bond acceptors (Lipinski definition) is 7. The predicted molar refractivity (Wildman–Crippen MR) is 128 cm³/mol. The summed E-state index contributed by atoms with van der Waals surface area (Å²) in [5.41, 5.74) is 0. The summed E-state index contributed by atoms with van der Waals surface area (Å²) in [5, 5.41) is 9.52. The normalized spacial score (nSPS) is 16.7. The third-order valence-corrected chi connectivity index (χ3v) is 17.0. The largest absolute Gasteiger partial charge is 0.437 e. The monoisotopic (exact) mass is 486 g/mol. The van der Waals surface area contributed by atoms with Crippen LogP contribution in [-0.2, 0) is 26.6 Å². The lowest BCUT2D eigenvalue weighted by molar-refractivity contribution is -0.0229. The van der Waals surface area contributed by atoms with Crippen LogP contribution in [0.3, 0.4) is 0 Å². The lowest BCUT2D eigenvalue weighted by Gasteiger charge is -2.41. The van der Waals surface area contributed by atoms with Gasteiger partial charge in [-0.15, -0.1) is 0 Å². The molecule has 0 aromatic heterocycles. The van der Waals surface area contributed by atoms with Crippen molar-refractivity contribution in [1.29, 1.82) is 0 Å². The van der Waals surface area contributed by atoms with Crippen molar-refractivity contribution >= 4 is 33.8 Å². The van der Waals surface area contributed by atoms with Crippen molar-refractivity contribution in [2.45, 2.75) is 77.5 Å². The SMILES string of the molecule is COCC(O)COCCOCCC[Si](C)(O[Si](C)(C)C)O[Si](C)(C)O[Si](C)(C)C. The first-order valence-corrected chi connectivity index (χ1v) is 22.7. The van der Waals surface area contributed by atoms with Crippen molar-refractivity contribution in [3.63, 3.8) is 0 Å². The Morgan fingerprint density at radius 2 is 1.24 bits per heavy atom. The number of rotatable bonds is 17. The van der Waals surface area contributed by atoms with Gasteiger partial charge in [-0.2, -0.15) is 0 Å². The molecule has 0 saturated carbocycles. The van der Waals surface area contributed by atoms with Gasteiger partial charge in [0.2, 0.25) is 0 Å². The highest BCUT2D eigenvalue weighted by Crippen LogP contribution is 2.27. The summed E-state index contributed by atoms with van der Waals surface area (Å²) in [6, 6.07) is 0.885. The Labute approximate surface area is 183 Å². The van der Waals surface area contributed by atoms with E-state index in [4.69, 9.17) is 26.6 Å². The Kier molecular flexibility index (Phi) is 13.5. The molecule has 11 heteroatoms. The fourth-order valence-electron chi connectivity index (χ4n) is 3.22. The Morgan fingerprint density at radius 1 is 0.690 bits per heavy atom. The molecular formula is C18H46O7Si4. The highest BCUT2D eigenvalue weighted by molar-refractivity contribution is 6.89. The molecule has 0 saturated heterocycles. The first-order chi connectivity index (χ1) is 13.1. The van der Waals surface area contributed by atoms with Gasteiger partial charge in [-0.25, -0.2) is 0 Å². The third kappa shape index (κ3) is 17.9. The van der Waals surface area contributed by atoms with Crippen LogP contribution in [0.2, 0.25) is 65.0 Å². The minimum Gasteiger partial charge on any atom is -0.437 e. The molecule has 0 spiro atoms. The molecule has 7 nitrogen and oxygen atoms in total. The van der Waals surface area contributed by atoms with Gasteiger partial charge in [-0.1, -0.05) is 0 Å². The Morgan fingerprint density at radius 3 is 1.76 bits per heavy atom. The smallest absolute Gasteiger partial charge is 0.315 e. The van der Waals surface area contributed by atoms with Crippen molar-refractivity contribution in [2.75, 3.05) is 40.1 Å². The third-order valence-electron chi connectivity index (χ3n) is 3.50. The molecule has 0 amide bonds. The van der Waals surface area contributed by atoms with E-state index in [0.717, 1.165) is 12.5 Å². The summed E-state index contributed by atoms with van der Waals surface area (Å²) in [4.78, 5) is 0. The molecule has 0 aliphatic heterocycles. The standard InChI is InChI=1S/C18H46O7Si4/c1-20-16-18(19)17-22-14-13-21-12-11-15-29(10,24-27(5,6)7)25-28(8,9)23-26(2,3)4/h18-19H,11-17H2,1-10H3. The second-order valence-electron chi connectivity index (χ2n) is 9.96. The van der Waals surface area contributed by atoms with Gasteiger partial charge in [-0.3, -0.25) is 0 Å². The summed E-state index contributed by atoms with van der Waals surface area (Å²) in [7, 11) is -6.46. The lowest BCUT2D eigenvalue weighted by atomic mass is 10.4. The van der Waals surface area contributed by atoms with Crippen molar-refractivity contribution in [2.24, 2.45) is 0 Å². The van der Waals surface area contributed by atoms with Gasteiger partial charge in [0.15, 0.2) is 16.6 Å². The van der Waals surface area contributed by atoms with Gasteiger partial charge >= 0.3 is 17.1 Å². The molecule has 0 aliphatic carbocycles. The van der Waals surface area contributed by atoms with E-state index in [1.165, 1.54) is 0 Å². The minimum absolute atomic E-state index is 0.261. The quantitative estimate of drug-likeness (QED) is 0.247. The second-order valence-corrected chi connectivity index (χ2v) is 26.4. The molecule has 0 rings (SSSR count). The zero-order valence-electron chi connectivity index (χ0n) is 20.4. The number of aliphatic hydroxyl groups excluding tert-OH is 1. The van der Waals surface area contributed by atoms with Crippen molar-refractivity contribution in [3.8, 4) is 0 Å². The Balaban J connectivity index is 4.44. The summed E-state index contributed by atoms with van der Waals surface area (Å²) in [6.45, 7) is 21.8. The van der Waals surface area contributed by atoms with Crippen molar-refractivity contribution in [3.05, 3.63) is 0 Å². The Bertz CT molecular complexity index is 441. The number of ether oxygens (including phenoxy) is 3. The summed E-state index contributed by atoms with van der Waals surface area (Å²) < 4.78 is 35.5. The lowest BCUT2D eigenvalue weighted by Crippen LogP contribution is -2.56. The van der Waals surface area contributed by atoms with E-state index in [-0.39, 0.29) is 13.2 Å². The maximum Gasteiger partial charge on any atom is 0.315 e. The van der Waals surface area contributed by atoms with E-state index in [0.29, 0.717) is 19.8 Å². The van der Waals surface area contributed by atoms with Gasteiger partial charge in [-0.05, 0) is 71.4 Å². The summed E-state index contributed by atoms with van der Waals surface area (Å²) in [5.74, 6) is 0. The molecular weight excluding hydrogens is 441 g/mol. The highest BCUT2D eigenvalue weighted by atomic mass is 28.5. The van der Waals surface area contributed by atoms with Gasteiger partial charge in [0, 0.05) is 13.7 Å². The first-order valence-electron chi connectivity index (χ1n) is 10.5. The molecule has 29 heavy (non-hydrogen) atoms. The molecule has 0 aromatic carbocycles. The van der Waals surface area contributed by atoms with Crippen molar-refractivity contribution < 1.29 is 31.7 Å². The van der Waals surface area contributed by atoms with E-state index in [1.54, 1.807) is 7.11 Å². The minimum atomic E-state index is -2.36. The van der Waals surface area contributed by atoms with Crippen LogP contribution in [-0.4, -0.2) is 85.1 Å². The zero-order valence-corrected chi connectivity index (χ0v) is 24.4. The molecule has 0 radical (unpaired) electrons. The van der Waals surface area contributed by atoms with Crippen LogP contribution in [0.4, 0.5) is 0 Å². The molecule has 176 valence electrons. The van der Waals surface area contributed by atoms with Gasteiger partial charge < -0.3 is 31.7 Å². The topological polar surface area (TPSA) is 75.6 Å². The second kappa shape index (κ2) is 13.2. The van der Waals surface area contributed by atoms with E-state index in [1.807, 2.05) is 0 Å². The molecule has 2 unspecified atom stereocenters. The van der Waals surface area contributed by atoms with Crippen LogP contribution in [0.5, 0.6) is 0 Å². The molecule has 0 bridgehead atoms. The average Bonchev–Trinajstić information content (AvgIpc) is 2.44. The summed E-state index contributed by atoms with van der Waals surface area (Å²) in [6.07, 6.45) is 0.296. The molecule has 0 aromatic rings. The van der Waals surface area contributed by atoms with Crippen LogP contribution >= 0.6 is 0 Å². The summed E-state index contributed by atoms with van der Waals surface area (Å²) >= 11 is 0. The molecule has 0 heterocycles. The van der Waals surface area contributed by atoms with Crippen LogP contribution in [0.25, 0.3) is 0 Å². The molecule has 2 atom stereocenters. The maximum absolute atomic E-state index is 9.52. The first kappa shape index (κ1) is 29.6. The van der Waals surface area contributed by atoms with E-state index in [9.17, 15) is 5.11 Å². The van der Waals surface area contributed by atoms with Gasteiger partial charge in [0.1, 0.15) is 6.10 Å². The molecule has 0 fully saturated rings. The van der Waals surface area contributed by atoms with E-state index < -0.39 is 39.9 Å². The molecule has 0 aliphatic rings. The number of aliphatic hydroxyl groups is 1. The fraction of sp³-hybridized carbons (Fsp3) is 1.00. The predicted octanol–water partition coefficient (Wildman–Crippen LogP) is 3.91. The fourth-order valence-corrected chi connectivity index (χ4v) is 21.2. The average molecular weight is 487 g/mol. The number of hydrogen-bond donors (Lipinski definition) is 1. The molecule has 1 N–H and O–H groups in total. The maximum atomic E-state index is 9.52. The van der Waals surface area contributed by atoms with Crippen LogP contribution in [0.1, 0.15) is 6.42 Å². The van der Waals surface area contributed by atoms with E-state index in [2.05, 4.69) is 58.9 Å². The zero-order chi connectivity index (χ0) is 22.8. The van der Waals surface area contributed by atoms with Crippen molar-refractivity contribution in [1.82, 2.24) is 0 Å². The number of methoxy groups -OCH3 is 1. The Hall–Kier alpha value is 0.588. The van der Waals surface area contributed by atoms with Crippen LogP contribution in [0.15, 0.2) is 0 Å². The van der Waals surface area contributed by atoms with Crippen LogP contribution < -0.4 is 0 Å². The van der Waals surface area contributed by atoms with Gasteiger partial charge in [0.25, 0.3) is 0 Å². The van der Waals surface area contributed by atoms with Crippen LogP contribution in [0, 0.1) is 0 Å². The highest BCUT2D eigenvalue weighted by Gasteiger charge is 2.44. The van der Waals surface area contributed by atoms with E-state index >= 15 is 0 Å².